The lowest BCUT2D eigenvalue weighted by molar-refractivity contribution is 0.0675. The first-order valence-electron chi connectivity index (χ1n) is 6.99. The van der Waals surface area contributed by atoms with Crippen molar-refractivity contribution >= 4 is 0 Å². The van der Waals surface area contributed by atoms with Crippen molar-refractivity contribution in [1.29, 1.82) is 0 Å². The van der Waals surface area contributed by atoms with Gasteiger partial charge in [0, 0.05) is 17.8 Å². The number of hydrogen-bond acceptors (Lipinski definition) is 2. The normalized spacial score (nSPS) is 28.3. The first-order chi connectivity index (χ1) is 8.63. The summed E-state index contributed by atoms with van der Waals surface area (Å²) in [6.45, 7) is 4.16. The lowest BCUT2D eigenvalue weighted by atomic mass is 9.80. The molecule has 1 aliphatic rings. The number of nitrogens with zero attached hydrogens (tertiary/aromatic N) is 1. The first kappa shape index (κ1) is 13.3. The van der Waals surface area contributed by atoms with Crippen LogP contribution in [0.15, 0.2) is 23.0 Å². The summed E-state index contributed by atoms with van der Waals surface area (Å²) in [5.41, 5.74) is 1.07. The molecule has 0 amide bonds. The van der Waals surface area contributed by atoms with E-state index in [2.05, 4.69) is 6.92 Å². The molecule has 1 aromatic heterocycles. The molecule has 18 heavy (non-hydrogen) atoms. The average molecular weight is 249 g/mol. The van der Waals surface area contributed by atoms with Crippen molar-refractivity contribution in [2.75, 3.05) is 0 Å². The molecule has 100 valence electrons. The molecule has 0 aromatic carbocycles. The van der Waals surface area contributed by atoms with Gasteiger partial charge in [-0.3, -0.25) is 4.79 Å². The van der Waals surface area contributed by atoms with Gasteiger partial charge >= 0.3 is 0 Å². The van der Waals surface area contributed by atoms with E-state index in [1.54, 1.807) is 6.07 Å². The molecule has 0 radical (unpaired) electrons. The van der Waals surface area contributed by atoms with Gasteiger partial charge in [0.2, 0.25) is 0 Å². The van der Waals surface area contributed by atoms with Gasteiger partial charge in [-0.25, -0.2) is 0 Å². The summed E-state index contributed by atoms with van der Waals surface area (Å²) in [5.74, 6) is 0.525. The highest BCUT2D eigenvalue weighted by Crippen LogP contribution is 2.36. The van der Waals surface area contributed by atoms with Crippen LogP contribution in [0.3, 0.4) is 0 Å². The molecule has 3 nitrogen and oxygen atoms in total. The van der Waals surface area contributed by atoms with Crippen LogP contribution in [0.25, 0.3) is 0 Å². The lowest BCUT2D eigenvalue weighted by Crippen LogP contribution is -2.36. The largest absolute Gasteiger partial charge is 0.393 e. The fourth-order valence-electron chi connectivity index (χ4n) is 3.24. The average Bonchev–Trinajstić information content (AvgIpc) is 2.32. The van der Waals surface area contributed by atoms with Gasteiger partial charge in [0.1, 0.15) is 0 Å². The van der Waals surface area contributed by atoms with Crippen LogP contribution in [-0.2, 0) is 0 Å². The molecular weight excluding hydrogens is 226 g/mol. The Morgan fingerprint density at radius 1 is 1.39 bits per heavy atom. The minimum Gasteiger partial charge on any atom is -0.393 e. The molecule has 1 saturated carbocycles. The highest BCUT2D eigenvalue weighted by molar-refractivity contribution is 5.07. The molecule has 1 fully saturated rings. The lowest BCUT2D eigenvalue weighted by Gasteiger charge is -2.36. The van der Waals surface area contributed by atoms with Gasteiger partial charge in [0.05, 0.1) is 6.10 Å². The number of aromatic nitrogens is 1. The molecule has 0 aliphatic heterocycles. The van der Waals surface area contributed by atoms with Crippen LogP contribution in [0.2, 0.25) is 0 Å². The zero-order valence-electron chi connectivity index (χ0n) is 11.3. The Labute approximate surface area is 108 Å². The molecule has 0 bridgehead atoms. The van der Waals surface area contributed by atoms with Crippen molar-refractivity contribution in [3.8, 4) is 0 Å². The van der Waals surface area contributed by atoms with Gasteiger partial charge in [0.15, 0.2) is 0 Å². The highest BCUT2D eigenvalue weighted by Gasteiger charge is 2.31. The molecule has 1 aromatic rings. The zero-order chi connectivity index (χ0) is 13.1. The maximum absolute atomic E-state index is 12.1. The Morgan fingerprint density at radius 2 is 2.17 bits per heavy atom. The second-order valence-corrected chi connectivity index (χ2v) is 5.46. The van der Waals surface area contributed by atoms with Crippen LogP contribution in [0.1, 0.15) is 50.8 Å². The third kappa shape index (κ3) is 2.66. The van der Waals surface area contributed by atoms with E-state index in [1.165, 1.54) is 0 Å². The quantitative estimate of drug-likeness (QED) is 0.895. The topological polar surface area (TPSA) is 42.2 Å². The van der Waals surface area contributed by atoms with Crippen molar-refractivity contribution in [1.82, 2.24) is 4.57 Å². The fraction of sp³-hybridized carbons (Fsp3) is 0.667. The molecule has 1 N–H and O–H groups in total. The highest BCUT2D eigenvalue weighted by atomic mass is 16.3. The van der Waals surface area contributed by atoms with Gasteiger partial charge in [-0.2, -0.15) is 0 Å². The van der Waals surface area contributed by atoms with E-state index in [0.717, 1.165) is 37.8 Å². The molecule has 0 spiro atoms. The molecule has 2 rings (SSSR count). The van der Waals surface area contributed by atoms with Crippen molar-refractivity contribution in [3.63, 3.8) is 0 Å². The second-order valence-electron chi connectivity index (χ2n) is 5.46. The van der Waals surface area contributed by atoms with Crippen molar-refractivity contribution in [3.05, 3.63) is 34.2 Å². The zero-order valence-corrected chi connectivity index (χ0v) is 11.3. The minimum atomic E-state index is -0.255. The Kier molecular flexibility index (Phi) is 4.23. The van der Waals surface area contributed by atoms with Crippen LogP contribution in [0.4, 0.5) is 0 Å². The maximum atomic E-state index is 12.1. The van der Waals surface area contributed by atoms with Crippen molar-refractivity contribution in [2.24, 2.45) is 5.92 Å². The number of aliphatic hydroxyl groups excluding tert-OH is 1. The monoisotopic (exact) mass is 249 g/mol. The Balaban J connectivity index is 2.35. The SMILES string of the molecule is CCCC1CCC(O)CC1n1c(C)cccc1=O. The van der Waals surface area contributed by atoms with Gasteiger partial charge < -0.3 is 9.67 Å². The third-order valence-corrected chi connectivity index (χ3v) is 4.11. The summed E-state index contributed by atoms with van der Waals surface area (Å²) < 4.78 is 1.89. The Morgan fingerprint density at radius 3 is 2.83 bits per heavy atom. The van der Waals surface area contributed by atoms with E-state index in [1.807, 2.05) is 23.6 Å². The number of aliphatic hydroxyl groups is 1. The van der Waals surface area contributed by atoms with E-state index in [9.17, 15) is 9.90 Å². The van der Waals surface area contributed by atoms with Crippen LogP contribution in [-0.4, -0.2) is 15.8 Å². The number of rotatable bonds is 3. The smallest absolute Gasteiger partial charge is 0.250 e. The predicted molar refractivity (Wildman–Crippen MR) is 72.7 cm³/mol. The molecule has 1 aliphatic carbocycles. The van der Waals surface area contributed by atoms with E-state index < -0.39 is 0 Å². The van der Waals surface area contributed by atoms with Crippen LogP contribution in [0.5, 0.6) is 0 Å². The molecule has 3 unspecified atom stereocenters. The van der Waals surface area contributed by atoms with Crippen LogP contribution < -0.4 is 5.56 Å². The molecule has 3 atom stereocenters. The first-order valence-corrected chi connectivity index (χ1v) is 6.99. The van der Waals surface area contributed by atoms with Gasteiger partial charge in [-0.15, -0.1) is 0 Å². The van der Waals surface area contributed by atoms with E-state index >= 15 is 0 Å². The van der Waals surface area contributed by atoms with E-state index in [-0.39, 0.29) is 17.7 Å². The standard InChI is InChI=1S/C15H23NO2/c1-3-5-12-8-9-13(17)10-14(12)16-11(2)6-4-7-15(16)18/h4,6-7,12-14,17H,3,5,8-10H2,1-2H3. The van der Waals surface area contributed by atoms with Crippen LogP contribution in [0, 0.1) is 12.8 Å². The predicted octanol–water partition coefficient (Wildman–Crippen LogP) is 2.66. The van der Waals surface area contributed by atoms with Crippen molar-refractivity contribution in [2.45, 2.75) is 58.1 Å². The Hall–Kier alpha value is -1.09. The number of hydrogen-bond donors (Lipinski definition) is 1. The van der Waals surface area contributed by atoms with Gasteiger partial charge in [0.25, 0.3) is 5.56 Å². The van der Waals surface area contributed by atoms with Crippen molar-refractivity contribution < 1.29 is 5.11 Å². The molecular formula is C15H23NO2. The minimum absolute atomic E-state index is 0.0650. The molecule has 1 heterocycles. The summed E-state index contributed by atoms with van der Waals surface area (Å²) in [4.78, 5) is 12.1. The second kappa shape index (κ2) is 5.70. The van der Waals surface area contributed by atoms with Gasteiger partial charge in [-0.1, -0.05) is 19.4 Å². The fourth-order valence-corrected chi connectivity index (χ4v) is 3.24. The molecule has 3 heteroatoms. The van der Waals surface area contributed by atoms with E-state index in [4.69, 9.17) is 0 Å². The number of aryl methyl sites for hydroxylation is 1. The van der Waals surface area contributed by atoms with E-state index in [0.29, 0.717) is 5.92 Å². The Bertz CT molecular complexity index is 452. The maximum Gasteiger partial charge on any atom is 0.250 e. The number of pyridine rings is 1. The summed E-state index contributed by atoms with van der Waals surface area (Å²) in [5, 5.41) is 9.89. The summed E-state index contributed by atoms with van der Waals surface area (Å²) in [6, 6.07) is 5.58. The van der Waals surface area contributed by atoms with Gasteiger partial charge in [-0.05, 0) is 44.6 Å². The summed E-state index contributed by atoms with van der Waals surface area (Å²) in [7, 11) is 0. The summed E-state index contributed by atoms with van der Waals surface area (Å²) in [6.07, 6.45) is 4.64. The summed E-state index contributed by atoms with van der Waals surface area (Å²) >= 11 is 0. The third-order valence-electron chi connectivity index (χ3n) is 4.11. The van der Waals surface area contributed by atoms with Crippen LogP contribution >= 0.6 is 0 Å². The molecule has 0 saturated heterocycles.